The van der Waals surface area contributed by atoms with Gasteiger partial charge in [-0.25, -0.2) is 4.79 Å². The maximum Gasteiger partial charge on any atom is 0.331 e. The Labute approximate surface area is 117 Å². The number of rotatable bonds is 3. The first kappa shape index (κ1) is 12.6. The molecule has 0 aromatic heterocycles. The van der Waals surface area contributed by atoms with Gasteiger partial charge in [-0.2, -0.15) is 0 Å². The number of hydrogen-bond acceptors (Lipinski definition) is 3. The molecular formula is C17H15NO2. The fourth-order valence-electron chi connectivity index (χ4n) is 2.55. The van der Waals surface area contributed by atoms with E-state index in [0.29, 0.717) is 0 Å². The lowest BCUT2D eigenvalue weighted by molar-refractivity contribution is -0.142. The van der Waals surface area contributed by atoms with Gasteiger partial charge in [0.1, 0.15) is 0 Å². The molecule has 0 spiro atoms. The highest BCUT2D eigenvalue weighted by Gasteiger charge is 2.41. The average molecular weight is 265 g/mol. The summed E-state index contributed by atoms with van der Waals surface area (Å²) in [4.78, 5) is 16.3. The van der Waals surface area contributed by atoms with Gasteiger partial charge in [0.25, 0.3) is 0 Å². The molecule has 0 N–H and O–H groups in total. The van der Waals surface area contributed by atoms with Crippen molar-refractivity contribution in [3.63, 3.8) is 0 Å². The standard InChI is InChI=1S/C17H15NO2/c1-20-17(19)16-14(12-8-4-2-5-9-12)15(18-16)13-10-6-3-7-11-13/h2-11,14,16H,1H3/t14-,16+/m0/s1. The van der Waals surface area contributed by atoms with Crippen molar-refractivity contribution in [2.75, 3.05) is 7.11 Å². The minimum absolute atomic E-state index is 0.0222. The predicted molar refractivity (Wildman–Crippen MR) is 78.0 cm³/mol. The molecular weight excluding hydrogens is 250 g/mol. The Morgan fingerprint density at radius 2 is 1.60 bits per heavy atom. The molecule has 2 aromatic carbocycles. The molecule has 0 radical (unpaired) electrons. The molecule has 1 aliphatic rings. The Kier molecular flexibility index (Phi) is 3.33. The fourth-order valence-corrected chi connectivity index (χ4v) is 2.55. The topological polar surface area (TPSA) is 38.7 Å². The smallest absolute Gasteiger partial charge is 0.331 e. The van der Waals surface area contributed by atoms with Crippen LogP contribution in [0.25, 0.3) is 0 Å². The second-order valence-electron chi connectivity index (χ2n) is 4.74. The summed E-state index contributed by atoms with van der Waals surface area (Å²) in [6.07, 6.45) is 0. The average Bonchev–Trinajstić information content (AvgIpc) is 2.48. The monoisotopic (exact) mass is 265 g/mol. The first-order valence-corrected chi connectivity index (χ1v) is 6.57. The minimum atomic E-state index is -0.433. The van der Waals surface area contributed by atoms with Gasteiger partial charge in [-0.3, -0.25) is 4.99 Å². The molecule has 0 bridgehead atoms. The maximum absolute atomic E-state index is 11.8. The number of carbonyl (C=O) groups is 1. The van der Waals surface area contributed by atoms with Gasteiger partial charge < -0.3 is 4.74 Å². The van der Waals surface area contributed by atoms with Crippen molar-refractivity contribution in [1.29, 1.82) is 0 Å². The van der Waals surface area contributed by atoms with Crippen LogP contribution in [0.5, 0.6) is 0 Å². The van der Waals surface area contributed by atoms with Gasteiger partial charge in [0.05, 0.1) is 18.7 Å². The molecule has 100 valence electrons. The second kappa shape index (κ2) is 5.29. The number of ether oxygens (including phenoxy) is 1. The highest BCUT2D eigenvalue weighted by molar-refractivity contribution is 6.13. The third-order valence-electron chi connectivity index (χ3n) is 3.56. The molecule has 0 fully saturated rings. The summed E-state index contributed by atoms with van der Waals surface area (Å²) in [7, 11) is 1.40. The van der Waals surface area contributed by atoms with Gasteiger partial charge in [0.15, 0.2) is 6.04 Å². The van der Waals surface area contributed by atoms with E-state index in [1.54, 1.807) is 0 Å². The number of methoxy groups -OCH3 is 1. The first-order chi connectivity index (χ1) is 9.81. The van der Waals surface area contributed by atoms with E-state index >= 15 is 0 Å². The molecule has 20 heavy (non-hydrogen) atoms. The van der Waals surface area contributed by atoms with Crippen LogP contribution in [0.1, 0.15) is 17.0 Å². The van der Waals surface area contributed by atoms with Crippen molar-refractivity contribution >= 4 is 11.7 Å². The quantitative estimate of drug-likeness (QED) is 0.800. The first-order valence-electron chi connectivity index (χ1n) is 6.57. The van der Waals surface area contributed by atoms with E-state index in [4.69, 9.17) is 4.74 Å². The van der Waals surface area contributed by atoms with Gasteiger partial charge >= 0.3 is 5.97 Å². The molecule has 0 saturated carbocycles. The molecule has 3 heteroatoms. The molecule has 0 saturated heterocycles. The van der Waals surface area contributed by atoms with Crippen LogP contribution in [0.15, 0.2) is 65.7 Å². The molecule has 1 aliphatic heterocycles. The molecule has 2 atom stereocenters. The summed E-state index contributed by atoms with van der Waals surface area (Å²) in [5.74, 6) is -0.301. The molecule has 0 amide bonds. The lowest BCUT2D eigenvalue weighted by Crippen LogP contribution is -2.42. The van der Waals surface area contributed by atoms with Crippen LogP contribution in [0, 0.1) is 0 Å². The molecule has 1 heterocycles. The van der Waals surface area contributed by atoms with Crippen LogP contribution in [0.4, 0.5) is 0 Å². The predicted octanol–water partition coefficient (Wildman–Crippen LogP) is 2.81. The van der Waals surface area contributed by atoms with Gasteiger partial charge in [-0.15, -0.1) is 0 Å². The van der Waals surface area contributed by atoms with Crippen LogP contribution >= 0.6 is 0 Å². The zero-order valence-electron chi connectivity index (χ0n) is 11.2. The third kappa shape index (κ3) is 2.11. The Morgan fingerprint density at radius 3 is 2.20 bits per heavy atom. The molecule has 3 nitrogen and oxygen atoms in total. The lowest BCUT2D eigenvalue weighted by Gasteiger charge is -2.33. The number of nitrogens with zero attached hydrogens (tertiary/aromatic N) is 1. The SMILES string of the molecule is COC(=O)[C@@H]1N=C(c2ccccc2)[C@@H]1c1ccccc1. The highest BCUT2D eigenvalue weighted by Crippen LogP contribution is 2.35. The zero-order valence-corrected chi connectivity index (χ0v) is 11.2. The van der Waals surface area contributed by atoms with E-state index in [2.05, 4.69) is 4.99 Å². The number of carbonyl (C=O) groups excluding carboxylic acids is 1. The highest BCUT2D eigenvalue weighted by atomic mass is 16.5. The number of esters is 1. The summed E-state index contributed by atoms with van der Waals surface area (Å²) in [6.45, 7) is 0. The Morgan fingerprint density at radius 1 is 1.00 bits per heavy atom. The van der Waals surface area contributed by atoms with Gasteiger partial charge in [0.2, 0.25) is 0 Å². The van der Waals surface area contributed by atoms with Gasteiger partial charge in [0, 0.05) is 0 Å². The second-order valence-corrected chi connectivity index (χ2v) is 4.74. The summed E-state index contributed by atoms with van der Waals surface area (Å²) in [5.41, 5.74) is 3.10. The van der Waals surface area contributed by atoms with Crippen molar-refractivity contribution in [3.8, 4) is 0 Å². The van der Waals surface area contributed by atoms with Crippen LogP contribution < -0.4 is 0 Å². The van der Waals surface area contributed by atoms with Crippen LogP contribution in [0.2, 0.25) is 0 Å². The molecule has 2 aromatic rings. The van der Waals surface area contributed by atoms with E-state index in [1.165, 1.54) is 7.11 Å². The van der Waals surface area contributed by atoms with Crippen molar-refractivity contribution < 1.29 is 9.53 Å². The van der Waals surface area contributed by atoms with Crippen LogP contribution in [-0.2, 0) is 9.53 Å². The van der Waals surface area contributed by atoms with Crippen molar-refractivity contribution in [2.45, 2.75) is 12.0 Å². The Balaban J connectivity index is 1.99. The van der Waals surface area contributed by atoms with E-state index < -0.39 is 6.04 Å². The zero-order chi connectivity index (χ0) is 13.9. The van der Waals surface area contributed by atoms with E-state index in [9.17, 15) is 4.79 Å². The summed E-state index contributed by atoms with van der Waals surface area (Å²) in [6, 6.07) is 19.5. The molecule has 0 aliphatic carbocycles. The Hall–Kier alpha value is -2.42. The van der Waals surface area contributed by atoms with Crippen LogP contribution in [0.3, 0.4) is 0 Å². The van der Waals surface area contributed by atoms with Gasteiger partial charge in [-0.1, -0.05) is 60.7 Å². The lowest BCUT2D eigenvalue weighted by atomic mass is 9.79. The molecule has 3 rings (SSSR count). The fraction of sp³-hybridized carbons (Fsp3) is 0.176. The van der Waals surface area contributed by atoms with Crippen molar-refractivity contribution in [2.24, 2.45) is 4.99 Å². The maximum atomic E-state index is 11.8. The normalized spacial score (nSPS) is 20.8. The Bertz CT molecular complexity index is 635. The largest absolute Gasteiger partial charge is 0.467 e. The third-order valence-corrected chi connectivity index (χ3v) is 3.56. The number of aliphatic imine (C=N–C) groups is 1. The summed E-state index contributed by atoms with van der Waals surface area (Å²) < 4.78 is 4.84. The van der Waals surface area contributed by atoms with E-state index in [1.807, 2.05) is 60.7 Å². The molecule has 0 unspecified atom stereocenters. The van der Waals surface area contributed by atoms with Crippen molar-refractivity contribution in [1.82, 2.24) is 0 Å². The summed E-state index contributed by atoms with van der Waals surface area (Å²) in [5, 5.41) is 0. The van der Waals surface area contributed by atoms with Crippen molar-refractivity contribution in [3.05, 3.63) is 71.8 Å². The minimum Gasteiger partial charge on any atom is -0.467 e. The van der Waals surface area contributed by atoms with Gasteiger partial charge in [-0.05, 0) is 11.1 Å². The number of benzene rings is 2. The van der Waals surface area contributed by atoms with E-state index in [0.717, 1.165) is 16.8 Å². The van der Waals surface area contributed by atoms with Crippen LogP contribution in [-0.4, -0.2) is 24.8 Å². The number of hydrogen-bond donors (Lipinski definition) is 0. The summed E-state index contributed by atoms with van der Waals surface area (Å²) >= 11 is 0. The van der Waals surface area contributed by atoms with E-state index in [-0.39, 0.29) is 11.9 Å².